The van der Waals surface area contributed by atoms with Crippen molar-refractivity contribution in [3.8, 4) is 22.1 Å². The van der Waals surface area contributed by atoms with E-state index in [4.69, 9.17) is 14.2 Å². The normalized spacial score (nSPS) is 10.3. The zero-order valence-electron chi connectivity index (χ0n) is 13.9. The van der Waals surface area contributed by atoms with Crippen LogP contribution in [0.25, 0.3) is 10.6 Å². The van der Waals surface area contributed by atoms with Crippen molar-refractivity contribution < 1.29 is 19.0 Å². The summed E-state index contributed by atoms with van der Waals surface area (Å²) in [5, 5.41) is 2.49. The summed E-state index contributed by atoms with van der Waals surface area (Å²) in [6.45, 7) is 0.0808. The SMILES string of the molecule is COc1ccc(OC)c(COC(=O)c2csc(-c3ccccc3)n2)c1. The molecule has 0 saturated carbocycles. The van der Waals surface area contributed by atoms with Gasteiger partial charge in [-0.25, -0.2) is 9.78 Å². The van der Waals surface area contributed by atoms with Gasteiger partial charge in [-0.3, -0.25) is 0 Å². The van der Waals surface area contributed by atoms with Crippen LogP contribution in [0.4, 0.5) is 0 Å². The molecule has 128 valence electrons. The standard InChI is InChI=1S/C19H17NO4S/c1-22-15-8-9-17(23-2)14(10-15)11-24-19(21)16-12-25-18(20-16)13-6-4-3-5-7-13/h3-10,12H,11H2,1-2H3. The molecule has 0 unspecified atom stereocenters. The molecule has 0 aliphatic heterocycles. The predicted octanol–water partition coefficient (Wildman–Crippen LogP) is 4.18. The maximum Gasteiger partial charge on any atom is 0.358 e. The van der Waals surface area contributed by atoms with E-state index < -0.39 is 5.97 Å². The van der Waals surface area contributed by atoms with Gasteiger partial charge in [-0.1, -0.05) is 30.3 Å². The van der Waals surface area contributed by atoms with Gasteiger partial charge < -0.3 is 14.2 Å². The fraction of sp³-hybridized carbons (Fsp3) is 0.158. The molecule has 0 radical (unpaired) electrons. The highest BCUT2D eigenvalue weighted by atomic mass is 32.1. The van der Waals surface area contributed by atoms with Gasteiger partial charge in [-0.2, -0.15) is 0 Å². The van der Waals surface area contributed by atoms with Gasteiger partial charge in [0.2, 0.25) is 0 Å². The van der Waals surface area contributed by atoms with Crippen molar-refractivity contribution in [2.75, 3.05) is 14.2 Å². The maximum atomic E-state index is 12.3. The van der Waals surface area contributed by atoms with Crippen LogP contribution < -0.4 is 9.47 Å². The van der Waals surface area contributed by atoms with Gasteiger partial charge >= 0.3 is 5.97 Å². The first kappa shape index (κ1) is 17.0. The highest BCUT2D eigenvalue weighted by molar-refractivity contribution is 7.13. The summed E-state index contributed by atoms with van der Waals surface area (Å²) in [7, 11) is 3.15. The maximum absolute atomic E-state index is 12.3. The Labute approximate surface area is 149 Å². The summed E-state index contributed by atoms with van der Waals surface area (Å²) in [4.78, 5) is 16.6. The van der Waals surface area contributed by atoms with Crippen molar-refractivity contribution >= 4 is 17.3 Å². The summed E-state index contributed by atoms with van der Waals surface area (Å²) in [5.74, 6) is 0.840. The number of rotatable bonds is 6. The van der Waals surface area contributed by atoms with E-state index in [1.54, 1.807) is 37.8 Å². The molecule has 0 bridgehead atoms. The molecule has 1 aromatic heterocycles. The third-order valence-electron chi connectivity index (χ3n) is 3.58. The summed E-state index contributed by atoms with van der Waals surface area (Å²) >= 11 is 1.41. The molecule has 0 spiro atoms. The Morgan fingerprint density at radius 3 is 2.60 bits per heavy atom. The van der Waals surface area contributed by atoms with Gasteiger partial charge in [0.25, 0.3) is 0 Å². The first-order valence-corrected chi connectivity index (χ1v) is 8.48. The molecular weight excluding hydrogens is 338 g/mol. The monoisotopic (exact) mass is 355 g/mol. The molecule has 0 N–H and O–H groups in total. The van der Waals surface area contributed by atoms with Gasteiger partial charge in [0.15, 0.2) is 5.69 Å². The molecule has 5 nitrogen and oxygen atoms in total. The lowest BCUT2D eigenvalue weighted by molar-refractivity contribution is 0.0464. The molecular formula is C19H17NO4S. The number of hydrogen-bond acceptors (Lipinski definition) is 6. The molecule has 1 heterocycles. The lowest BCUT2D eigenvalue weighted by atomic mass is 10.2. The minimum absolute atomic E-state index is 0.0808. The van der Waals surface area contributed by atoms with Crippen molar-refractivity contribution in [3.05, 3.63) is 65.2 Å². The van der Waals surface area contributed by atoms with E-state index >= 15 is 0 Å². The third kappa shape index (κ3) is 3.97. The molecule has 2 aromatic carbocycles. The van der Waals surface area contributed by atoms with E-state index in [9.17, 15) is 4.79 Å². The Balaban J connectivity index is 1.70. The Bertz CT molecular complexity index is 861. The number of aromatic nitrogens is 1. The van der Waals surface area contributed by atoms with Gasteiger partial charge in [-0.15, -0.1) is 11.3 Å². The van der Waals surface area contributed by atoms with Crippen LogP contribution in [0.2, 0.25) is 0 Å². The van der Waals surface area contributed by atoms with Gasteiger partial charge in [-0.05, 0) is 18.2 Å². The molecule has 3 aromatic rings. The van der Waals surface area contributed by atoms with Gasteiger partial charge in [0.05, 0.1) is 14.2 Å². The van der Waals surface area contributed by atoms with E-state index in [1.807, 2.05) is 30.3 Å². The first-order chi connectivity index (χ1) is 12.2. The summed E-state index contributed by atoms with van der Waals surface area (Å²) in [6, 6.07) is 15.1. The number of ether oxygens (including phenoxy) is 3. The molecule has 0 amide bonds. The highest BCUT2D eigenvalue weighted by Gasteiger charge is 2.15. The minimum Gasteiger partial charge on any atom is -0.497 e. The number of esters is 1. The van der Waals surface area contributed by atoms with Crippen molar-refractivity contribution in [3.63, 3.8) is 0 Å². The van der Waals surface area contributed by atoms with Crippen molar-refractivity contribution in [2.45, 2.75) is 6.61 Å². The molecule has 3 rings (SSSR count). The first-order valence-electron chi connectivity index (χ1n) is 7.60. The Morgan fingerprint density at radius 2 is 1.88 bits per heavy atom. The smallest absolute Gasteiger partial charge is 0.358 e. The molecule has 0 saturated heterocycles. The quantitative estimate of drug-likeness (QED) is 0.621. The number of thiazole rings is 1. The predicted molar refractivity (Wildman–Crippen MR) is 96.2 cm³/mol. The number of nitrogens with zero attached hydrogens (tertiary/aromatic N) is 1. The average molecular weight is 355 g/mol. The lowest BCUT2D eigenvalue weighted by Crippen LogP contribution is -2.06. The van der Waals surface area contributed by atoms with Gasteiger partial charge in [0, 0.05) is 16.5 Å². The van der Waals surface area contributed by atoms with E-state index in [-0.39, 0.29) is 6.61 Å². The van der Waals surface area contributed by atoms with Crippen molar-refractivity contribution in [2.24, 2.45) is 0 Å². The second-order valence-corrected chi connectivity index (χ2v) is 6.02. The van der Waals surface area contributed by atoms with Crippen molar-refractivity contribution in [1.29, 1.82) is 0 Å². The molecule has 0 aliphatic rings. The fourth-order valence-corrected chi connectivity index (χ4v) is 3.09. The minimum atomic E-state index is -0.469. The zero-order valence-corrected chi connectivity index (χ0v) is 14.7. The molecule has 0 aliphatic carbocycles. The van der Waals surface area contributed by atoms with Crippen LogP contribution in [-0.4, -0.2) is 25.2 Å². The van der Waals surface area contributed by atoms with Crippen molar-refractivity contribution in [1.82, 2.24) is 4.98 Å². The third-order valence-corrected chi connectivity index (χ3v) is 4.47. The zero-order chi connectivity index (χ0) is 17.6. The van der Waals surface area contributed by atoms with Gasteiger partial charge in [0.1, 0.15) is 23.1 Å². The van der Waals surface area contributed by atoms with Crippen LogP contribution in [0.5, 0.6) is 11.5 Å². The largest absolute Gasteiger partial charge is 0.497 e. The van der Waals surface area contributed by atoms with Crippen LogP contribution in [-0.2, 0) is 11.3 Å². The average Bonchev–Trinajstić information content (AvgIpc) is 3.17. The van der Waals surface area contributed by atoms with Crippen LogP contribution in [0.1, 0.15) is 16.1 Å². The van der Waals surface area contributed by atoms with E-state index in [1.165, 1.54) is 11.3 Å². The van der Waals surface area contributed by atoms with Crippen LogP contribution >= 0.6 is 11.3 Å². The second-order valence-electron chi connectivity index (χ2n) is 5.16. The Kier molecular flexibility index (Phi) is 5.30. The number of carbonyl (C=O) groups excluding carboxylic acids is 1. The summed E-state index contributed by atoms with van der Waals surface area (Å²) in [6.07, 6.45) is 0. The molecule has 0 atom stereocenters. The Morgan fingerprint density at radius 1 is 1.08 bits per heavy atom. The van der Waals surface area contributed by atoms with E-state index in [0.717, 1.165) is 16.1 Å². The molecule has 25 heavy (non-hydrogen) atoms. The number of hydrogen-bond donors (Lipinski definition) is 0. The number of benzene rings is 2. The van der Waals surface area contributed by atoms with Crippen LogP contribution in [0, 0.1) is 0 Å². The topological polar surface area (TPSA) is 57.7 Å². The molecule has 0 fully saturated rings. The van der Waals surface area contributed by atoms with E-state index in [0.29, 0.717) is 17.2 Å². The van der Waals surface area contributed by atoms with Crippen LogP contribution in [0.15, 0.2) is 53.9 Å². The second kappa shape index (κ2) is 7.81. The van der Waals surface area contributed by atoms with E-state index in [2.05, 4.69) is 4.98 Å². The lowest BCUT2D eigenvalue weighted by Gasteiger charge is -2.10. The molecule has 6 heteroatoms. The highest BCUT2D eigenvalue weighted by Crippen LogP contribution is 2.26. The summed E-state index contributed by atoms with van der Waals surface area (Å²) < 4.78 is 15.9. The Hall–Kier alpha value is -2.86. The summed E-state index contributed by atoms with van der Waals surface area (Å²) in [5.41, 5.74) is 2.00. The fourth-order valence-electron chi connectivity index (χ4n) is 2.29. The number of carbonyl (C=O) groups is 1. The number of methoxy groups -OCH3 is 2. The van der Waals surface area contributed by atoms with Crippen LogP contribution in [0.3, 0.4) is 0 Å².